The van der Waals surface area contributed by atoms with Crippen LogP contribution in [0.2, 0.25) is 0 Å². The van der Waals surface area contributed by atoms with Gasteiger partial charge < -0.3 is 14.2 Å². The summed E-state index contributed by atoms with van der Waals surface area (Å²) in [5.41, 5.74) is 12.9. The van der Waals surface area contributed by atoms with E-state index in [0.29, 0.717) is 0 Å². The van der Waals surface area contributed by atoms with E-state index in [0.717, 1.165) is 77.8 Å². The van der Waals surface area contributed by atoms with Crippen molar-refractivity contribution in [2.75, 3.05) is 9.80 Å². The first-order valence-electron chi connectivity index (χ1n) is 22.9. The molecule has 0 saturated heterocycles. The molecule has 67 heavy (non-hydrogen) atoms. The topological polar surface area (TPSA) is 19.6 Å². The van der Waals surface area contributed by atoms with E-state index in [1.807, 2.05) is 0 Å². The van der Waals surface area contributed by atoms with Crippen LogP contribution in [-0.4, -0.2) is 0 Å². The monoisotopic (exact) mass is 854 g/mol. The zero-order valence-corrected chi connectivity index (χ0v) is 36.6. The Morgan fingerprint density at radius 3 is 1.31 bits per heavy atom. The smallest absolute Gasteiger partial charge is 0.160 e. The predicted octanol–water partition coefficient (Wildman–Crippen LogP) is 18.5. The van der Waals surface area contributed by atoms with Crippen LogP contribution in [0.25, 0.3) is 87.3 Å². The molecule has 0 spiro atoms. The van der Waals surface area contributed by atoms with Crippen molar-refractivity contribution in [1.29, 1.82) is 0 Å². The molecule has 0 atom stereocenters. The fourth-order valence-electron chi connectivity index (χ4n) is 10.4. The highest BCUT2D eigenvalue weighted by Gasteiger charge is 2.27. The Morgan fingerprint density at radius 2 is 0.716 bits per heavy atom. The summed E-state index contributed by atoms with van der Waals surface area (Å²) in [4.78, 5) is 4.78. The van der Waals surface area contributed by atoms with Crippen LogP contribution in [0.15, 0.2) is 259 Å². The summed E-state index contributed by atoms with van der Waals surface area (Å²) in [6.45, 7) is 0. The van der Waals surface area contributed by atoms with Gasteiger partial charge in [0.15, 0.2) is 5.58 Å². The zero-order chi connectivity index (χ0) is 44.3. The van der Waals surface area contributed by atoms with E-state index < -0.39 is 0 Å². The number of rotatable bonds is 8. The first-order valence-corrected chi connectivity index (χ1v) is 22.9. The molecular formula is C64H42N2O. The molecule has 1 aromatic heterocycles. The van der Waals surface area contributed by atoms with Gasteiger partial charge in [0.1, 0.15) is 5.58 Å². The van der Waals surface area contributed by atoms with Crippen molar-refractivity contribution >= 4 is 99.2 Å². The molecule has 0 fully saturated rings. The van der Waals surface area contributed by atoms with Gasteiger partial charge in [0, 0.05) is 44.3 Å². The minimum Gasteiger partial charge on any atom is -0.454 e. The van der Waals surface area contributed by atoms with E-state index in [1.54, 1.807) is 0 Å². The fraction of sp³-hybridized carbons (Fsp3) is 0. The molecule has 314 valence electrons. The number of fused-ring (bicyclic) bond motifs is 9. The Labute approximate surface area is 388 Å². The van der Waals surface area contributed by atoms with Crippen molar-refractivity contribution in [3.05, 3.63) is 255 Å². The molecular weight excluding hydrogens is 813 g/mol. The van der Waals surface area contributed by atoms with Gasteiger partial charge in [-0.1, -0.05) is 194 Å². The third-order valence-corrected chi connectivity index (χ3v) is 13.4. The number of nitrogens with zero attached hydrogens (tertiary/aromatic N) is 2. The predicted molar refractivity (Wildman–Crippen MR) is 284 cm³/mol. The molecule has 0 saturated carbocycles. The molecule has 0 aliphatic heterocycles. The molecule has 0 aliphatic rings. The van der Waals surface area contributed by atoms with Crippen LogP contribution in [0, 0.1) is 0 Å². The second-order valence-corrected chi connectivity index (χ2v) is 17.2. The van der Waals surface area contributed by atoms with Crippen molar-refractivity contribution in [2.45, 2.75) is 0 Å². The molecule has 0 unspecified atom stereocenters. The van der Waals surface area contributed by atoms with Crippen LogP contribution in [0.5, 0.6) is 0 Å². The minimum atomic E-state index is 0.861. The molecule has 13 rings (SSSR count). The summed E-state index contributed by atoms with van der Waals surface area (Å²) in [7, 11) is 0. The lowest BCUT2D eigenvalue weighted by Crippen LogP contribution is -2.12. The van der Waals surface area contributed by atoms with Crippen molar-refractivity contribution in [3.8, 4) is 22.3 Å². The van der Waals surface area contributed by atoms with Gasteiger partial charge in [0.05, 0.1) is 11.4 Å². The Balaban J connectivity index is 1.02. The van der Waals surface area contributed by atoms with E-state index in [1.165, 1.54) is 43.6 Å². The Kier molecular flexibility index (Phi) is 9.17. The van der Waals surface area contributed by atoms with Crippen LogP contribution in [-0.2, 0) is 0 Å². The Bertz CT molecular complexity index is 3900. The van der Waals surface area contributed by atoms with Crippen LogP contribution < -0.4 is 9.80 Å². The van der Waals surface area contributed by atoms with Crippen molar-refractivity contribution in [1.82, 2.24) is 0 Å². The van der Waals surface area contributed by atoms with Gasteiger partial charge in [-0.25, -0.2) is 0 Å². The summed E-state index contributed by atoms with van der Waals surface area (Å²) in [6, 6.07) is 91.7. The fourth-order valence-corrected chi connectivity index (χ4v) is 10.4. The molecule has 0 aliphatic carbocycles. The third kappa shape index (κ3) is 6.43. The minimum absolute atomic E-state index is 0.861. The molecule has 0 radical (unpaired) electrons. The van der Waals surface area contributed by atoms with Crippen molar-refractivity contribution in [2.24, 2.45) is 0 Å². The lowest BCUT2D eigenvalue weighted by atomic mass is 9.89. The largest absolute Gasteiger partial charge is 0.454 e. The first kappa shape index (κ1) is 38.5. The van der Waals surface area contributed by atoms with Gasteiger partial charge in [-0.05, 0) is 115 Å². The number of anilines is 6. The quantitative estimate of drug-likeness (QED) is 0.142. The Hall–Kier alpha value is -8.92. The molecule has 0 bridgehead atoms. The summed E-state index contributed by atoms with van der Waals surface area (Å²) < 4.78 is 7.12. The maximum atomic E-state index is 7.12. The van der Waals surface area contributed by atoms with E-state index in [2.05, 4.69) is 265 Å². The highest BCUT2D eigenvalue weighted by Crippen LogP contribution is 2.52. The van der Waals surface area contributed by atoms with Crippen LogP contribution in [0.3, 0.4) is 0 Å². The number of benzene rings is 12. The SMILES string of the molecule is c1ccc(-c2ccc(N(c3ccccc3)c3ccc(-c4c5ccccc5c(N(c5ccccc5)c5cc6ccccc6c6c5oc5ccc7ccccc7c56)c5ccccc45)cc3)cc2)cc1. The normalized spacial score (nSPS) is 11.6. The average molecular weight is 855 g/mol. The summed E-state index contributed by atoms with van der Waals surface area (Å²) in [6.07, 6.45) is 0. The highest BCUT2D eigenvalue weighted by atomic mass is 16.3. The van der Waals surface area contributed by atoms with Crippen molar-refractivity contribution < 1.29 is 4.42 Å². The van der Waals surface area contributed by atoms with Gasteiger partial charge in [-0.15, -0.1) is 0 Å². The van der Waals surface area contributed by atoms with E-state index in [9.17, 15) is 0 Å². The standard InChI is InChI=1S/C64H42N2O/c1-4-18-43(19-5-1)44-32-37-50(38-33-44)65(48-22-6-2-7-23-48)51-39-34-46(35-40-51)60-54-28-14-16-30-56(54)63(57-31-17-15-29-55(57)60)66(49-24-8-3-9-25-49)58-42-47-21-11-13-27-53(47)62-61-52-26-12-10-20-45(52)36-41-59(61)67-64(58)62/h1-42H. The van der Waals surface area contributed by atoms with E-state index in [4.69, 9.17) is 4.42 Å². The Morgan fingerprint density at radius 1 is 0.284 bits per heavy atom. The van der Waals surface area contributed by atoms with Gasteiger partial charge >= 0.3 is 0 Å². The van der Waals surface area contributed by atoms with Gasteiger partial charge in [0.25, 0.3) is 0 Å². The maximum absolute atomic E-state index is 7.12. The van der Waals surface area contributed by atoms with Gasteiger partial charge in [-0.2, -0.15) is 0 Å². The molecule has 1 heterocycles. The van der Waals surface area contributed by atoms with Gasteiger partial charge in [-0.3, -0.25) is 0 Å². The summed E-state index contributed by atoms with van der Waals surface area (Å²) in [5, 5.41) is 11.6. The van der Waals surface area contributed by atoms with Gasteiger partial charge in [0.2, 0.25) is 0 Å². The lowest BCUT2D eigenvalue weighted by molar-refractivity contribution is 0.669. The van der Waals surface area contributed by atoms with Crippen molar-refractivity contribution in [3.63, 3.8) is 0 Å². The number of hydrogen-bond donors (Lipinski definition) is 0. The number of hydrogen-bond acceptors (Lipinski definition) is 3. The third-order valence-electron chi connectivity index (χ3n) is 13.4. The molecule has 0 N–H and O–H groups in total. The second-order valence-electron chi connectivity index (χ2n) is 17.2. The lowest BCUT2D eigenvalue weighted by Gasteiger charge is -2.30. The average Bonchev–Trinajstić information content (AvgIpc) is 3.81. The zero-order valence-electron chi connectivity index (χ0n) is 36.6. The molecule has 13 aromatic rings. The summed E-state index contributed by atoms with van der Waals surface area (Å²) in [5.74, 6) is 0. The molecule has 0 amide bonds. The first-order chi connectivity index (χ1) is 33.3. The van der Waals surface area contributed by atoms with E-state index >= 15 is 0 Å². The molecule has 3 nitrogen and oxygen atoms in total. The summed E-state index contributed by atoms with van der Waals surface area (Å²) >= 11 is 0. The number of para-hydroxylation sites is 2. The van der Waals surface area contributed by atoms with Crippen LogP contribution in [0.1, 0.15) is 0 Å². The van der Waals surface area contributed by atoms with E-state index in [-0.39, 0.29) is 0 Å². The van der Waals surface area contributed by atoms with Crippen LogP contribution >= 0.6 is 0 Å². The second kappa shape index (κ2) is 16.0. The molecule has 3 heteroatoms. The maximum Gasteiger partial charge on any atom is 0.160 e. The molecule has 12 aromatic carbocycles. The number of furan rings is 1. The van der Waals surface area contributed by atoms with Crippen LogP contribution in [0.4, 0.5) is 34.1 Å². The highest BCUT2D eigenvalue weighted by molar-refractivity contribution is 6.30.